The van der Waals surface area contributed by atoms with E-state index in [0.717, 1.165) is 5.69 Å². The van der Waals surface area contributed by atoms with E-state index >= 15 is 0 Å². The molecule has 0 aliphatic heterocycles. The first-order chi connectivity index (χ1) is 9.23. The van der Waals surface area contributed by atoms with Crippen LogP contribution < -0.4 is 5.32 Å². The standard InChI is InChI=1S/C15H23ClN2O2/c1-5-12-6-11(7-13(16)18-12)14(19)17-9-15(4,20)8-10(2)3/h6-7,10,20H,5,8-9H2,1-4H3,(H,17,19). The molecule has 0 radical (unpaired) electrons. The molecule has 0 aliphatic rings. The first kappa shape index (κ1) is 16.9. The normalized spacial score (nSPS) is 14.2. The first-order valence-corrected chi connectivity index (χ1v) is 7.28. The van der Waals surface area contributed by atoms with Crippen molar-refractivity contribution in [1.29, 1.82) is 0 Å². The Hall–Kier alpha value is -1.13. The minimum absolute atomic E-state index is 0.214. The molecule has 20 heavy (non-hydrogen) atoms. The largest absolute Gasteiger partial charge is 0.388 e. The van der Waals surface area contributed by atoms with Gasteiger partial charge in [0.25, 0.3) is 5.91 Å². The zero-order valence-corrected chi connectivity index (χ0v) is 13.3. The van der Waals surface area contributed by atoms with E-state index in [0.29, 0.717) is 29.5 Å². The summed E-state index contributed by atoms with van der Waals surface area (Å²) in [6.07, 6.45) is 1.34. The Bertz CT molecular complexity index is 473. The Labute approximate surface area is 125 Å². The van der Waals surface area contributed by atoms with Crippen molar-refractivity contribution in [3.63, 3.8) is 0 Å². The highest BCUT2D eigenvalue weighted by molar-refractivity contribution is 6.29. The van der Waals surface area contributed by atoms with Crippen molar-refractivity contribution in [2.75, 3.05) is 6.54 Å². The smallest absolute Gasteiger partial charge is 0.251 e. The third kappa shape index (κ3) is 5.47. The minimum Gasteiger partial charge on any atom is -0.388 e. The molecule has 1 aromatic rings. The summed E-state index contributed by atoms with van der Waals surface area (Å²) in [6.45, 7) is 7.96. The number of hydrogen-bond acceptors (Lipinski definition) is 3. The predicted molar refractivity (Wildman–Crippen MR) is 81.0 cm³/mol. The number of rotatable bonds is 6. The fraction of sp³-hybridized carbons (Fsp3) is 0.600. The van der Waals surface area contributed by atoms with Crippen LogP contribution in [0, 0.1) is 5.92 Å². The molecular weight excluding hydrogens is 276 g/mol. The molecule has 0 saturated carbocycles. The van der Waals surface area contributed by atoms with Gasteiger partial charge in [-0.2, -0.15) is 0 Å². The molecule has 0 aromatic carbocycles. The minimum atomic E-state index is -0.908. The van der Waals surface area contributed by atoms with Gasteiger partial charge in [0.15, 0.2) is 0 Å². The number of aromatic nitrogens is 1. The van der Waals surface area contributed by atoms with Crippen molar-refractivity contribution in [3.8, 4) is 0 Å². The molecule has 1 rings (SSSR count). The number of nitrogens with one attached hydrogen (secondary N) is 1. The zero-order chi connectivity index (χ0) is 15.3. The number of aliphatic hydroxyl groups is 1. The lowest BCUT2D eigenvalue weighted by Gasteiger charge is -2.25. The van der Waals surface area contributed by atoms with Crippen LogP contribution in [0.15, 0.2) is 12.1 Å². The molecule has 0 bridgehead atoms. The Morgan fingerprint density at radius 2 is 2.15 bits per heavy atom. The van der Waals surface area contributed by atoms with E-state index in [-0.39, 0.29) is 12.5 Å². The molecule has 2 N–H and O–H groups in total. The van der Waals surface area contributed by atoms with Crippen molar-refractivity contribution in [2.45, 2.75) is 46.1 Å². The van der Waals surface area contributed by atoms with E-state index in [2.05, 4.69) is 10.3 Å². The van der Waals surface area contributed by atoms with Crippen LogP contribution in [-0.4, -0.2) is 28.1 Å². The third-order valence-corrected chi connectivity index (χ3v) is 3.14. The first-order valence-electron chi connectivity index (χ1n) is 6.90. The molecule has 0 aliphatic carbocycles. The van der Waals surface area contributed by atoms with Crippen LogP contribution in [0.3, 0.4) is 0 Å². The zero-order valence-electron chi connectivity index (χ0n) is 12.5. The van der Waals surface area contributed by atoms with Gasteiger partial charge in [-0.25, -0.2) is 4.98 Å². The maximum atomic E-state index is 12.1. The van der Waals surface area contributed by atoms with Gasteiger partial charge in [-0.05, 0) is 37.8 Å². The second-order valence-corrected chi connectivity index (χ2v) is 6.19. The highest BCUT2D eigenvalue weighted by Crippen LogP contribution is 2.16. The van der Waals surface area contributed by atoms with Gasteiger partial charge in [0, 0.05) is 17.8 Å². The van der Waals surface area contributed by atoms with Crippen LogP contribution in [-0.2, 0) is 6.42 Å². The summed E-state index contributed by atoms with van der Waals surface area (Å²) in [7, 11) is 0. The number of aryl methyl sites for hydroxylation is 1. The molecule has 0 fully saturated rings. The summed E-state index contributed by atoms with van der Waals surface area (Å²) in [6, 6.07) is 3.26. The highest BCUT2D eigenvalue weighted by atomic mass is 35.5. The Balaban J connectivity index is 2.70. The molecule has 1 amide bonds. The van der Waals surface area contributed by atoms with E-state index in [1.54, 1.807) is 13.0 Å². The van der Waals surface area contributed by atoms with Crippen molar-refractivity contribution in [1.82, 2.24) is 10.3 Å². The van der Waals surface area contributed by atoms with Gasteiger partial charge in [0.1, 0.15) is 5.15 Å². The monoisotopic (exact) mass is 298 g/mol. The number of amides is 1. The van der Waals surface area contributed by atoms with E-state index in [1.165, 1.54) is 6.07 Å². The predicted octanol–water partition coefficient (Wildman–Crippen LogP) is 2.82. The second-order valence-electron chi connectivity index (χ2n) is 5.80. The molecule has 1 heterocycles. The van der Waals surface area contributed by atoms with Gasteiger partial charge in [-0.15, -0.1) is 0 Å². The quantitative estimate of drug-likeness (QED) is 0.794. The summed E-state index contributed by atoms with van der Waals surface area (Å²) in [5.41, 5.74) is 0.340. The molecule has 5 heteroatoms. The molecule has 0 saturated heterocycles. The second kappa shape index (κ2) is 7.04. The van der Waals surface area contributed by atoms with E-state index in [1.807, 2.05) is 20.8 Å². The highest BCUT2D eigenvalue weighted by Gasteiger charge is 2.23. The lowest BCUT2D eigenvalue weighted by molar-refractivity contribution is 0.0368. The van der Waals surface area contributed by atoms with Crippen molar-refractivity contribution in [3.05, 3.63) is 28.5 Å². The van der Waals surface area contributed by atoms with Crippen LogP contribution >= 0.6 is 11.6 Å². The SMILES string of the molecule is CCc1cc(C(=O)NCC(C)(O)CC(C)C)cc(Cl)n1. The van der Waals surface area contributed by atoms with Crippen LogP contribution in [0.4, 0.5) is 0 Å². The summed E-state index contributed by atoms with van der Waals surface area (Å²) in [4.78, 5) is 16.2. The molecular formula is C15H23ClN2O2. The van der Waals surface area contributed by atoms with Gasteiger partial charge in [0.05, 0.1) is 5.60 Å². The summed E-state index contributed by atoms with van der Waals surface area (Å²) < 4.78 is 0. The van der Waals surface area contributed by atoms with E-state index in [9.17, 15) is 9.90 Å². The molecule has 4 nitrogen and oxygen atoms in total. The Kier molecular flexibility index (Phi) is 5.96. The molecule has 1 aromatic heterocycles. The number of nitrogens with zero attached hydrogens (tertiary/aromatic N) is 1. The molecule has 1 atom stereocenters. The summed E-state index contributed by atoms with van der Waals surface area (Å²) in [5.74, 6) is 0.122. The van der Waals surface area contributed by atoms with Crippen molar-refractivity contribution >= 4 is 17.5 Å². The van der Waals surface area contributed by atoms with Gasteiger partial charge in [0.2, 0.25) is 0 Å². The van der Waals surface area contributed by atoms with Crippen LogP contribution in [0.5, 0.6) is 0 Å². The van der Waals surface area contributed by atoms with E-state index in [4.69, 9.17) is 11.6 Å². The molecule has 112 valence electrons. The molecule has 0 spiro atoms. The lowest BCUT2D eigenvalue weighted by Crippen LogP contribution is -2.41. The number of carbonyl (C=O) groups excluding carboxylic acids is 1. The maximum absolute atomic E-state index is 12.1. The summed E-state index contributed by atoms with van der Waals surface area (Å²) in [5, 5.41) is 13.2. The number of pyridine rings is 1. The Morgan fingerprint density at radius 3 is 2.70 bits per heavy atom. The maximum Gasteiger partial charge on any atom is 0.251 e. The van der Waals surface area contributed by atoms with Gasteiger partial charge in [-0.3, -0.25) is 4.79 Å². The Morgan fingerprint density at radius 1 is 1.50 bits per heavy atom. The van der Waals surface area contributed by atoms with Gasteiger partial charge in [-0.1, -0.05) is 32.4 Å². The van der Waals surface area contributed by atoms with Gasteiger partial charge < -0.3 is 10.4 Å². The van der Waals surface area contributed by atoms with E-state index < -0.39 is 5.60 Å². The number of carbonyl (C=O) groups is 1. The number of hydrogen-bond donors (Lipinski definition) is 2. The topological polar surface area (TPSA) is 62.2 Å². The third-order valence-electron chi connectivity index (χ3n) is 2.95. The molecule has 1 unspecified atom stereocenters. The van der Waals surface area contributed by atoms with Gasteiger partial charge >= 0.3 is 0 Å². The number of halogens is 1. The van der Waals surface area contributed by atoms with Crippen molar-refractivity contribution in [2.24, 2.45) is 5.92 Å². The van der Waals surface area contributed by atoms with Crippen LogP contribution in [0.1, 0.15) is 50.2 Å². The fourth-order valence-electron chi connectivity index (χ4n) is 2.19. The van der Waals surface area contributed by atoms with Crippen LogP contribution in [0.2, 0.25) is 5.15 Å². The van der Waals surface area contributed by atoms with Crippen LogP contribution in [0.25, 0.3) is 0 Å². The van der Waals surface area contributed by atoms with Crippen molar-refractivity contribution < 1.29 is 9.90 Å². The average Bonchev–Trinajstić information content (AvgIpc) is 2.33. The lowest BCUT2D eigenvalue weighted by atomic mass is 9.94. The summed E-state index contributed by atoms with van der Waals surface area (Å²) >= 11 is 5.89. The average molecular weight is 299 g/mol. The fourth-order valence-corrected chi connectivity index (χ4v) is 2.41.